The summed E-state index contributed by atoms with van der Waals surface area (Å²) in [5.41, 5.74) is 1.23. The molecule has 13 heavy (non-hydrogen) atoms. The number of carboxylic acid groups (broad SMARTS) is 1. The van der Waals surface area contributed by atoms with Gasteiger partial charge in [0, 0.05) is 12.0 Å². The number of rotatable bonds is 2. The molecule has 1 heterocycles. The zero-order valence-electron chi connectivity index (χ0n) is 6.66. The maximum Gasteiger partial charge on any atom is 0.404 e. The van der Waals surface area contributed by atoms with Gasteiger partial charge < -0.3 is 10.4 Å². The molecular formula is C8H8BrNO2S. The number of hydrogen-bond donors (Lipinski definition) is 2. The first-order valence-electron chi connectivity index (χ1n) is 3.90. The first-order chi connectivity index (χ1) is 6.16. The van der Waals surface area contributed by atoms with E-state index in [1.165, 1.54) is 5.56 Å². The molecule has 70 valence electrons. The second-order valence-corrected chi connectivity index (χ2v) is 5.37. The fourth-order valence-electron chi connectivity index (χ4n) is 1.40. The summed E-state index contributed by atoms with van der Waals surface area (Å²) in [6, 6.07) is 2.18. The van der Waals surface area contributed by atoms with Gasteiger partial charge in [-0.15, -0.1) is 11.3 Å². The highest BCUT2D eigenvalue weighted by Crippen LogP contribution is 2.43. The molecule has 1 aromatic heterocycles. The normalized spacial score (nSPS) is 25.6. The van der Waals surface area contributed by atoms with Crippen molar-refractivity contribution in [1.82, 2.24) is 5.32 Å². The van der Waals surface area contributed by atoms with Gasteiger partial charge in [-0.3, -0.25) is 0 Å². The average molecular weight is 262 g/mol. The lowest BCUT2D eigenvalue weighted by atomic mass is 10.2. The van der Waals surface area contributed by atoms with Gasteiger partial charge in [-0.25, -0.2) is 4.79 Å². The van der Waals surface area contributed by atoms with Gasteiger partial charge in [-0.05, 0) is 39.4 Å². The monoisotopic (exact) mass is 261 g/mol. The van der Waals surface area contributed by atoms with Crippen molar-refractivity contribution in [3.8, 4) is 0 Å². The molecule has 1 fully saturated rings. The van der Waals surface area contributed by atoms with E-state index in [1.807, 2.05) is 0 Å². The number of halogens is 1. The van der Waals surface area contributed by atoms with Crippen LogP contribution >= 0.6 is 27.3 Å². The summed E-state index contributed by atoms with van der Waals surface area (Å²) in [5.74, 6) is 0.388. The molecule has 2 rings (SSSR count). The Bertz CT molecular complexity index is 339. The summed E-state index contributed by atoms with van der Waals surface area (Å²) in [6.07, 6.45) is -0.00283. The molecule has 0 unspecified atom stereocenters. The van der Waals surface area contributed by atoms with Crippen LogP contribution in [-0.4, -0.2) is 17.2 Å². The largest absolute Gasteiger partial charge is 0.465 e. The third-order valence-electron chi connectivity index (χ3n) is 2.12. The van der Waals surface area contributed by atoms with E-state index in [0.717, 1.165) is 10.2 Å². The Kier molecular flexibility index (Phi) is 2.29. The molecule has 1 aliphatic carbocycles. The topological polar surface area (TPSA) is 49.3 Å². The highest BCUT2D eigenvalue weighted by Gasteiger charge is 2.39. The second kappa shape index (κ2) is 3.31. The molecular weight excluding hydrogens is 254 g/mol. The minimum atomic E-state index is -0.929. The number of thiophene rings is 1. The van der Waals surface area contributed by atoms with Gasteiger partial charge in [0.05, 0.1) is 3.79 Å². The van der Waals surface area contributed by atoms with E-state index in [1.54, 1.807) is 11.3 Å². The van der Waals surface area contributed by atoms with Crippen molar-refractivity contribution < 1.29 is 9.90 Å². The zero-order chi connectivity index (χ0) is 9.42. The van der Waals surface area contributed by atoms with Gasteiger partial charge in [0.2, 0.25) is 0 Å². The fourth-order valence-corrected chi connectivity index (χ4v) is 2.64. The summed E-state index contributed by atoms with van der Waals surface area (Å²) in [7, 11) is 0. The molecule has 0 bridgehead atoms. The zero-order valence-corrected chi connectivity index (χ0v) is 9.06. The third kappa shape index (κ3) is 2.03. The van der Waals surface area contributed by atoms with Crippen LogP contribution in [0.15, 0.2) is 15.2 Å². The predicted octanol–water partition coefficient (Wildman–Crippen LogP) is 2.63. The molecule has 0 aliphatic heterocycles. The van der Waals surface area contributed by atoms with Crippen LogP contribution in [0.25, 0.3) is 0 Å². The summed E-state index contributed by atoms with van der Waals surface area (Å²) < 4.78 is 1.10. The van der Waals surface area contributed by atoms with Crippen LogP contribution in [0.4, 0.5) is 4.79 Å². The Balaban J connectivity index is 1.96. The van der Waals surface area contributed by atoms with Gasteiger partial charge >= 0.3 is 6.09 Å². The number of carbonyl (C=O) groups is 1. The van der Waals surface area contributed by atoms with Crippen LogP contribution in [-0.2, 0) is 0 Å². The Morgan fingerprint density at radius 3 is 3.08 bits per heavy atom. The lowest BCUT2D eigenvalue weighted by Gasteiger charge is -1.96. The molecule has 1 aromatic rings. The molecule has 0 saturated heterocycles. The second-order valence-electron chi connectivity index (χ2n) is 3.08. The molecule has 1 amide bonds. The smallest absolute Gasteiger partial charge is 0.404 e. The summed E-state index contributed by atoms with van der Waals surface area (Å²) in [5, 5.41) is 13.0. The van der Waals surface area contributed by atoms with Gasteiger partial charge in [0.15, 0.2) is 0 Å². The Hall–Kier alpha value is -0.550. The van der Waals surface area contributed by atoms with Gasteiger partial charge in [-0.2, -0.15) is 0 Å². The molecule has 2 atom stereocenters. The Morgan fingerprint density at radius 1 is 1.77 bits per heavy atom. The van der Waals surface area contributed by atoms with Gasteiger partial charge in [0.1, 0.15) is 0 Å². The van der Waals surface area contributed by atoms with Crippen molar-refractivity contribution in [2.45, 2.75) is 18.4 Å². The minimum absolute atomic E-state index is 0.124. The number of hydrogen-bond acceptors (Lipinski definition) is 2. The van der Waals surface area contributed by atoms with Crippen LogP contribution in [0.2, 0.25) is 0 Å². The van der Waals surface area contributed by atoms with Crippen LogP contribution in [0, 0.1) is 0 Å². The molecule has 0 spiro atoms. The quantitative estimate of drug-likeness (QED) is 0.860. The van der Waals surface area contributed by atoms with E-state index in [-0.39, 0.29) is 6.04 Å². The Morgan fingerprint density at radius 2 is 2.54 bits per heavy atom. The van der Waals surface area contributed by atoms with Crippen molar-refractivity contribution in [1.29, 1.82) is 0 Å². The fraction of sp³-hybridized carbons (Fsp3) is 0.375. The minimum Gasteiger partial charge on any atom is -0.465 e. The van der Waals surface area contributed by atoms with E-state index >= 15 is 0 Å². The molecule has 3 nitrogen and oxygen atoms in total. The van der Waals surface area contributed by atoms with Crippen LogP contribution in [0.3, 0.4) is 0 Å². The van der Waals surface area contributed by atoms with Crippen molar-refractivity contribution in [2.75, 3.05) is 0 Å². The van der Waals surface area contributed by atoms with E-state index in [4.69, 9.17) is 5.11 Å². The maximum atomic E-state index is 10.3. The first-order valence-corrected chi connectivity index (χ1v) is 5.57. The van der Waals surface area contributed by atoms with Crippen LogP contribution in [0.1, 0.15) is 17.9 Å². The predicted molar refractivity (Wildman–Crippen MR) is 54.3 cm³/mol. The number of amides is 1. The Labute approximate surface area is 87.9 Å². The standard InChI is InChI=1S/C8H8BrNO2S/c9-7-1-4(3-13-7)5-2-6(5)10-8(11)12/h1,3,5-6,10H,2H2,(H,11,12)/t5-,6+/m0/s1. The maximum absolute atomic E-state index is 10.3. The van der Waals surface area contributed by atoms with Gasteiger partial charge in [0.25, 0.3) is 0 Å². The molecule has 0 radical (unpaired) electrons. The molecule has 5 heteroatoms. The first kappa shape index (κ1) is 9.02. The lowest BCUT2D eigenvalue weighted by molar-refractivity contribution is 0.193. The molecule has 0 aromatic carbocycles. The van der Waals surface area contributed by atoms with Crippen molar-refractivity contribution >= 4 is 33.4 Å². The molecule has 1 saturated carbocycles. The van der Waals surface area contributed by atoms with E-state index in [0.29, 0.717) is 5.92 Å². The number of nitrogens with one attached hydrogen (secondary N) is 1. The third-order valence-corrected chi connectivity index (χ3v) is 3.64. The molecule has 2 N–H and O–H groups in total. The van der Waals surface area contributed by atoms with Crippen molar-refractivity contribution in [2.24, 2.45) is 0 Å². The van der Waals surface area contributed by atoms with Crippen molar-refractivity contribution in [3.05, 3.63) is 20.8 Å². The molecule has 1 aliphatic rings. The van der Waals surface area contributed by atoms with E-state index < -0.39 is 6.09 Å². The van der Waals surface area contributed by atoms with Crippen LogP contribution in [0.5, 0.6) is 0 Å². The highest BCUT2D eigenvalue weighted by molar-refractivity contribution is 9.11. The SMILES string of the molecule is O=C(O)N[C@@H]1C[C@H]1c1csc(Br)c1. The lowest BCUT2D eigenvalue weighted by Crippen LogP contribution is -2.23. The van der Waals surface area contributed by atoms with Crippen LogP contribution < -0.4 is 5.32 Å². The average Bonchev–Trinajstić information content (AvgIpc) is 2.63. The van der Waals surface area contributed by atoms with Gasteiger partial charge in [-0.1, -0.05) is 0 Å². The summed E-state index contributed by atoms with van der Waals surface area (Å²) in [4.78, 5) is 10.3. The summed E-state index contributed by atoms with van der Waals surface area (Å²) in [6.45, 7) is 0. The van der Waals surface area contributed by atoms with Crippen molar-refractivity contribution in [3.63, 3.8) is 0 Å². The van der Waals surface area contributed by atoms with E-state index in [2.05, 4.69) is 32.7 Å². The summed E-state index contributed by atoms with van der Waals surface area (Å²) >= 11 is 5.02. The van der Waals surface area contributed by atoms with E-state index in [9.17, 15) is 4.79 Å². The highest BCUT2D eigenvalue weighted by atomic mass is 79.9.